The lowest BCUT2D eigenvalue weighted by Gasteiger charge is -2.62. The summed E-state index contributed by atoms with van der Waals surface area (Å²) in [5.74, 6) is 1.00. The first-order valence-corrected chi connectivity index (χ1v) is 17.8. The van der Waals surface area contributed by atoms with E-state index in [-0.39, 0.29) is 16.2 Å². The molecule has 0 spiro atoms. The summed E-state index contributed by atoms with van der Waals surface area (Å²) >= 11 is 0. The van der Waals surface area contributed by atoms with Gasteiger partial charge in [-0.1, -0.05) is 116 Å². The highest BCUT2D eigenvalue weighted by Crippen LogP contribution is 2.69. The fourth-order valence-corrected chi connectivity index (χ4v) is 7.61. The Labute approximate surface area is 280 Å². The van der Waals surface area contributed by atoms with Crippen LogP contribution in [-0.2, 0) is 0 Å². The van der Waals surface area contributed by atoms with Gasteiger partial charge in [-0.25, -0.2) is 0 Å². The number of nitrogens with one attached hydrogen (secondary N) is 1. The van der Waals surface area contributed by atoms with Crippen LogP contribution in [0.2, 0.25) is 0 Å². The van der Waals surface area contributed by atoms with Crippen LogP contribution < -0.4 is 4.90 Å². The molecule has 4 atom stereocenters. The van der Waals surface area contributed by atoms with Crippen molar-refractivity contribution in [3.63, 3.8) is 0 Å². The lowest BCUT2D eigenvalue weighted by Crippen LogP contribution is -3.00. The molecule has 0 radical (unpaired) electrons. The molecule has 0 aromatic rings. The van der Waals surface area contributed by atoms with Crippen molar-refractivity contribution in [3.8, 4) is 0 Å². The van der Waals surface area contributed by atoms with Gasteiger partial charge in [0.2, 0.25) is 0 Å². The summed E-state index contributed by atoms with van der Waals surface area (Å²) < 4.78 is 0.921. The monoisotopic (exact) mass is 615 g/mol. The molecule has 1 N–H and O–H groups in total. The predicted molar refractivity (Wildman–Crippen MR) is 201 cm³/mol. The molecule has 0 saturated heterocycles. The summed E-state index contributed by atoms with van der Waals surface area (Å²) in [5.41, 5.74) is 10.3. The first-order chi connectivity index (χ1) is 21.0. The summed E-state index contributed by atoms with van der Waals surface area (Å²) in [6, 6.07) is 0. The fourth-order valence-electron chi connectivity index (χ4n) is 7.61. The highest BCUT2D eigenvalue weighted by molar-refractivity contribution is 5.59. The average molecular weight is 615 g/mol. The molecule has 4 unspecified atom stereocenters. The minimum Gasteiger partial charge on any atom is -0.313 e. The maximum atomic E-state index is 2.62. The molecule has 0 amide bonds. The number of rotatable bonds is 4. The molecular weight excluding hydrogens is 544 g/mol. The Morgan fingerprint density at radius 3 is 2.13 bits per heavy atom. The molecule has 2 nitrogen and oxygen atoms in total. The summed E-state index contributed by atoms with van der Waals surface area (Å²) in [4.78, 5) is 1.33. The molecule has 0 aromatic carbocycles. The quantitative estimate of drug-likeness (QED) is 0.237. The van der Waals surface area contributed by atoms with Crippen LogP contribution in [0.1, 0.15) is 102 Å². The molecule has 0 bridgehead atoms. The van der Waals surface area contributed by atoms with Crippen LogP contribution in [0, 0.1) is 28.1 Å². The van der Waals surface area contributed by atoms with E-state index in [2.05, 4.69) is 165 Å². The molecule has 1 fully saturated rings. The van der Waals surface area contributed by atoms with Gasteiger partial charge < -0.3 is 4.90 Å². The highest BCUT2D eigenvalue weighted by atomic mass is 15.3. The minimum atomic E-state index is -0.0982. The smallest absolute Gasteiger partial charge is 0.102 e. The summed E-state index contributed by atoms with van der Waals surface area (Å²) in [7, 11) is 8.93. The molecule has 4 aliphatic rings. The number of nitrogens with zero attached hydrogens (tertiary/aromatic N) is 1. The van der Waals surface area contributed by atoms with Crippen molar-refractivity contribution in [3.05, 3.63) is 106 Å². The van der Waals surface area contributed by atoms with Gasteiger partial charge in [0.15, 0.2) is 0 Å². The van der Waals surface area contributed by atoms with E-state index in [1.165, 1.54) is 57.6 Å². The maximum Gasteiger partial charge on any atom is 0.102 e. The fraction of sp³-hybridized carbons (Fsp3) is 0.581. The van der Waals surface area contributed by atoms with Gasteiger partial charge >= 0.3 is 0 Å². The third-order valence-electron chi connectivity index (χ3n) is 10.4. The molecule has 2 heteroatoms. The molecular formula is C43H70N2+2. The molecule has 250 valence electrons. The van der Waals surface area contributed by atoms with Gasteiger partial charge in [0.25, 0.3) is 0 Å². The van der Waals surface area contributed by atoms with E-state index < -0.39 is 0 Å². The van der Waals surface area contributed by atoms with Crippen molar-refractivity contribution in [1.29, 1.82) is 0 Å². The number of fused-ring (bicyclic) bond motifs is 3. The van der Waals surface area contributed by atoms with Crippen LogP contribution in [0.5, 0.6) is 0 Å². The lowest BCUT2D eigenvalue weighted by atomic mass is 9.40. The minimum absolute atomic E-state index is 0.0159. The first-order valence-electron chi connectivity index (χ1n) is 17.8. The third kappa shape index (κ3) is 8.12. The van der Waals surface area contributed by atoms with E-state index in [0.717, 1.165) is 11.0 Å². The largest absolute Gasteiger partial charge is 0.313 e. The second kappa shape index (κ2) is 15.4. The summed E-state index contributed by atoms with van der Waals surface area (Å²) in [6.07, 6.45) is 30.4. The van der Waals surface area contributed by atoms with Gasteiger partial charge in [-0.2, -0.15) is 0 Å². The van der Waals surface area contributed by atoms with Crippen molar-refractivity contribution >= 4 is 0 Å². The number of likely N-dealkylation sites (N-methyl/N-ethyl adjacent to an activating group) is 1. The van der Waals surface area contributed by atoms with Gasteiger partial charge in [-0.15, -0.1) is 0 Å². The van der Waals surface area contributed by atoms with E-state index in [1.54, 1.807) is 5.57 Å². The van der Waals surface area contributed by atoms with Gasteiger partial charge in [0, 0.05) is 16.7 Å². The Balaban J connectivity index is 0.00000133. The van der Waals surface area contributed by atoms with Crippen molar-refractivity contribution in [2.24, 2.45) is 28.1 Å². The average Bonchev–Trinajstić information content (AvgIpc) is 2.96. The van der Waals surface area contributed by atoms with E-state index in [0.29, 0.717) is 11.8 Å². The molecule has 45 heavy (non-hydrogen) atoms. The van der Waals surface area contributed by atoms with E-state index in [4.69, 9.17) is 0 Å². The van der Waals surface area contributed by atoms with Crippen molar-refractivity contribution in [2.45, 2.75) is 102 Å². The molecule has 1 heterocycles. The standard InChI is InChI=1S/C38H55N2.C3H8.C2H6/c1-13-28(15-18-39(9)10)23-32-21-27(3)22-33-25-34(29-16-19-40(11,12)20-17-29)35-26-31(36(4,5)6)24-30(14-2)38(35,8)37(32,33)7;1-3-2;1-2/h13-19,21,23-24,26,33-34H,20,22,25H2,1-12H3;3H2,1-2H3;1-2H3/q+1;;/p+1/b18-15-,28-13+,30-14-,32-23+;;. The summed E-state index contributed by atoms with van der Waals surface area (Å²) in [5, 5.41) is 0. The lowest BCUT2D eigenvalue weighted by molar-refractivity contribution is -0.833. The Kier molecular flexibility index (Phi) is 13.3. The topological polar surface area (TPSA) is 4.44 Å². The zero-order chi connectivity index (χ0) is 34.4. The predicted octanol–water partition coefficient (Wildman–Crippen LogP) is 10.3. The Bertz CT molecular complexity index is 1320. The zero-order valence-corrected chi connectivity index (χ0v) is 32.3. The molecule has 3 aliphatic carbocycles. The number of hydrogen-bond acceptors (Lipinski definition) is 0. The van der Waals surface area contributed by atoms with Crippen LogP contribution in [0.3, 0.4) is 0 Å². The van der Waals surface area contributed by atoms with Crippen LogP contribution >= 0.6 is 0 Å². The first kappa shape index (κ1) is 38.8. The second-order valence-corrected chi connectivity index (χ2v) is 15.7. The van der Waals surface area contributed by atoms with Crippen LogP contribution in [0.25, 0.3) is 0 Å². The van der Waals surface area contributed by atoms with Gasteiger partial charge in [-0.3, -0.25) is 4.48 Å². The highest BCUT2D eigenvalue weighted by Gasteiger charge is 2.61. The molecule has 4 rings (SSSR count). The molecule has 0 aromatic heterocycles. The maximum absolute atomic E-state index is 2.62. The Morgan fingerprint density at radius 2 is 1.64 bits per heavy atom. The van der Waals surface area contributed by atoms with Crippen molar-refractivity contribution in [1.82, 2.24) is 0 Å². The summed E-state index contributed by atoms with van der Waals surface area (Å²) in [6.45, 7) is 28.3. The normalized spacial score (nSPS) is 31.2. The Hall–Kier alpha value is -2.42. The zero-order valence-electron chi connectivity index (χ0n) is 32.3. The van der Waals surface area contributed by atoms with Crippen LogP contribution in [-0.4, -0.2) is 39.2 Å². The second-order valence-electron chi connectivity index (χ2n) is 15.7. The van der Waals surface area contributed by atoms with E-state index in [1.807, 2.05) is 13.8 Å². The van der Waals surface area contributed by atoms with Crippen LogP contribution in [0.15, 0.2) is 106 Å². The number of hydrogen-bond donors (Lipinski definition) is 1. The van der Waals surface area contributed by atoms with Crippen molar-refractivity contribution in [2.75, 3.05) is 34.7 Å². The number of quaternary nitrogens is 2. The van der Waals surface area contributed by atoms with E-state index in [9.17, 15) is 0 Å². The van der Waals surface area contributed by atoms with Crippen molar-refractivity contribution < 1.29 is 9.38 Å². The van der Waals surface area contributed by atoms with Gasteiger partial charge in [-0.05, 0) is 91.0 Å². The van der Waals surface area contributed by atoms with Gasteiger partial charge in [0.1, 0.15) is 6.54 Å². The SMILES string of the molecule is C/C=C(\C=C/[NH+](C)C)/C=C1\C=C(C)CC2CC(C3=CC[N+](C)(C)C=C3)C3=CC(C(C)(C)C)=C/C(=C/C)C3(C)C12C.CC.CCC. The number of allylic oxidation sites excluding steroid dienone is 15. The van der Waals surface area contributed by atoms with Gasteiger partial charge in [0.05, 0.1) is 40.6 Å². The van der Waals surface area contributed by atoms with Crippen LogP contribution in [0.4, 0.5) is 0 Å². The Morgan fingerprint density at radius 1 is 1.02 bits per heavy atom. The molecule has 1 aliphatic heterocycles. The third-order valence-corrected chi connectivity index (χ3v) is 10.4. The van der Waals surface area contributed by atoms with E-state index >= 15 is 0 Å². The molecule has 1 saturated carbocycles.